The Morgan fingerprint density at radius 3 is 2.74 bits per heavy atom. The molecule has 5 rings (SSSR count). The van der Waals surface area contributed by atoms with Gasteiger partial charge in [0.05, 0.1) is 18.3 Å². The van der Waals surface area contributed by atoms with Crippen LogP contribution in [-0.2, 0) is 4.74 Å². The van der Waals surface area contributed by atoms with Crippen LogP contribution in [0.4, 0.5) is 17.2 Å². The van der Waals surface area contributed by atoms with Crippen molar-refractivity contribution < 1.29 is 9.47 Å². The van der Waals surface area contributed by atoms with Crippen LogP contribution in [0.2, 0.25) is 0 Å². The van der Waals surface area contributed by atoms with Gasteiger partial charge in [-0.2, -0.15) is 0 Å². The zero-order chi connectivity index (χ0) is 21.2. The fraction of sp³-hybridized carbons (Fsp3) is 0.304. The molecule has 0 radical (unpaired) electrons. The molecule has 3 aromatic rings. The Morgan fingerprint density at radius 1 is 1.10 bits per heavy atom. The van der Waals surface area contributed by atoms with E-state index in [0.29, 0.717) is 24.3 Å². The van der Waals surface area contributed by atoms with Crippen LogP contribution in [0.3, 0.4) is 0 Å². The molecule has 0 spiro atoms. The molecule has 2 aliphatic heterocycles. The number of rotatable bonds is 6. The van der Waals surface area contributed by atoms with Gasteiger partial charge in [-0.15, -0.1) is 0 Å². The standard InChI is InChI=1S/C23H25N5O2S/c1-29-15-17-5-4-14-27(17)21-22(26-13-12-25-21)30-18-10-8-16(9-11-18)28-19-6-2-3-7-20(19)31-23(28)24/h2-3,6-13,17,23H,4-5,14-15,24H2,1H3. The summed E-state index contributed by atoms with van der Waals surface area (Å²) in [6.45, 7) is 1.59. The lowest BCUT2D eigenvalue weighted by atomic mass is 10.2. The van der Waals surface area contributed by atoms with Gasteiger partial charge in [-0.25, -0.2) is 9.97 Å². The second kappa shape index (κ2) is 8.74. The van der Waals surface area contributed by atoms with E-state index in [4.69, 9.17) is 15.2 Å². The van der Waals surface area contributed by atoms with Gasteiger partial charge in [0.15, 0.2) is 5.82 Å². The minimum atomic E-state index is -0.149. The van der Waals surface area contributed by atoms with Crippen LogP contribution in [0.25, 0.3) is 0 Å². The Bertz CT molecular complexity index is 1050. The van der Waals surface area contributed by atoms with Crippen molar-refractivity contribution in [1.82, 2.24) is 9.97 Å². The van der Waals surface area contributed by atoms with Crippen molar-refractivity contribution in [2.24, 2.45) is 5.73 Å². The van der Waals surface area contributed by atoms with Gasteiger partial charge in [-0.05, 0) is 49.2 Å². The van der Waals surface area contributed by atoms with Gasteiger partial charge in [0.25, 0.3) is 5.88 Å². The van der Waals surface area contributed by atoms with Gasteiger partial charge >= 0.3 is 0 Å². The fourth-order valence-electron chi connectivity index (χ4n) is 4.22. The minimum absolute atomic E-state index is 0.149. The SMILES string of the molecule is COCC1CCCN1c1nccnc1Oc1ccc(N2c3ccccc3SC2N)cc1. The maximum atomic E-state index is 6.37. The largest absolute Gasteiger partial charge is 0.436 e. The van der Waals surface area contributed by atoms with Crippen LogP contribution in [0.15, 0.2) is 65.8 Å². The number of hydrogen-bond acceptors (Lipinski definition) is 8. The van der Waals surface area contributed by atoms with Crippen molar-refractivity contribution in [3.8, 4) is 11.6 Å². The smallest absolute Gasteiger partial charge is 0.263 e. The first-order chi connectivity index (χ1) is 15.2. The lowest BCUT2D eigenvalue weighted by Gasteiger charge is -2.26. The highest BCUT2D eigenvalue weighted by Gasteiger charge is 2.30. The molecule has 0 bridgehead atoms. The summed E-state index contributed by atoms with van der Waals surface area (Å²) < 4.78 is 11.5. The molecule has 0 aliphatic carbocycles. The Hall–Kier alpha value is -2.81. The highest BCUT2D eigenvalue weighted by Crippen LogP contribution is 2.45. The van der Waals surface area contributed by atoms with E-state index in [1.54, 1.807) is 31.3 Å². The third kappa shape index (κ3) is 3.94. The Morgan fingerprint density at radius 2 is 1.90 bits per heavy atom. The van der Waals surface area contributed by atoms with Gasteiger partial charge in [0, 0.05) is 36.6 Å². The van der Waals surface area contributed by atoms with E-state index in [9.17, 15) is 0 Å². The first-order valence-corrected chi connectivity index (χ1v) is 11.3. The predicted octanol–water partition coefficient (Wildman–Crippen LogP) is 4.37. The second-order valence-corrected chi connectivity index (χ2v) is 8.73. The lowest BCUT2D eigenvalue weighted by molar-refractivity contribution is 0.180. The molecule has 31 heavy (non-hydrogen) atoms. The zero-order valence-electron chi connectivity index (χ0n) is 17.3. The number of nitrogens with zero attached hydrogens (tertiary/aromatic N) is 4. The summed E-state index contributed by atoms with van der Waals surface area (Å²) in [6, 6.07) is 16.5. The van der Waals surface area contributed by atoms with Gasteiger partial charge in [-0.1, -0.05) is 23.9 Å². The van der Waals surface area contributed by atoms with Crippen molar-refractivity contribution in [3.05, 3.63) is 60.9 Å². The van der Waals surface area contributed by atoms with Crippen molar-refractivity contribution in [2.45, 2.75) is 29.3 Å². The first-order valence-electron chi connectivity index (χ1n) is 10.4. The van der Waals surface area contributed by atoms with E-state index in [1.807, 2.05) is 36.4 Å². The Kier molecular flexibility index (Phi) is 5.67. The maximum Gasteiger partial charge on any atom is 0.263 e. The molecule has 0 saturated carbocycles. The molecular weight excluding hydrogens is 410 g/mol. The normalized spacial score (nSPS) is 20.2. The summed E-state index contributed by atoms with van der Waals surface area (Å²) in [4.78, 5) is 14.6. The van der Waals surface area contributed by atoms with E-state index in [-0.39, 0.29) is 5.50 Å². The van der Waals surface area contributed by atoms with Crippen LogP contribution in [0.1, 0.15) is 12.8 Å². The molecule has 0 amide bonds. The molecule has 1 saturated heterocycles. The molecule has 3 heterocycles. The van der Waals surface area contributed by atoms with Gasteiger partial charge in [0.1, 0.15) is 11.2 Å². The topological polar surface area (TPSA) is 76.7 Å². The lowest BCUT2D eigenvalue weighted by Crippen LogP contribution is -2.33. The number of hydrogen-bond donors (Lipinski definition) is 1. The number of ether oxygens (including phenoxy) is 2. The van der Waals surface area contributed by atoms with E-state index < -0.39 is 0 Å². The highest BCUT2D eigenvalue weighted by molar-refractivity contribution is 8.00. The van der Waals surface area contributed by atoms with Crippen molar-refractivity contribution in [3.63, 3.8) is 0 Å². The summed E-state index contributed by atoms with van der Waals surface area (Å²) >= 11 is 1.66. The average Bonchev–Trinajstić information content (AvgIpc) is 3.38. The fourth-order valence-corrected chi connectivity index (χ4v) is 5.26. The molecule has 160 valence electrons. The van der Waals surface area contributed by atoms with E-state index in [2.05, 4.69) is 31.9 Å². The number of nitrogens with two attached hydrogens (primary N) is 1. The second-order valence-electron chi connectivity index (χ2n) is 7.57. The summed E-state index contributed by atoms with van der Waals surface area (Å²) in [7, 11) is 1.73. The summed E-state index contributed by atoms with van der Waals surface area (Å²) in [6.07, 6.45) is 5.55. The molecule has 1 fully saturated rings. The number of para-hydroxylation sites is 1. The first kappa shape index (κ1) is 20.1. The van der Waals surface area contributed by atoms with E-state index in [1.165, 1.54) is 4.90 Å². The maximum absolute atomic E-state index is 6.37. The van der Waals surface area contributed by atoms with E-state index in [0.717, 1.165) is 36.6 Å². The van der Waals surface area contributed by atoms with Crippen LogP contribution in [-0.4, -0.2) is 41.8 Å². The molecule has 2 unspecified atom stereocenters. The average molecular weight is 436 g/mol. The number of anilines is 3. The number of methoxy groups -OCH3 is 1. The Balaban J connectivity index is 1.37. The van der Waals surface area contributed by atoms with Gasteiger partial charge in [-0.3, -0.25) is 0 Å². The van der Waals surface area contributed by atoms with Crippen LogP contribution >= 0.6 is 11.8 Å². The molecule has 2 aromatic carbocycles. The minimum Gasteiger partial charge on any atom is -0.436 e. The summed E-state index contributed by atoms with van der Waals surface area (Å²) in [5, 5.41) is 0. The molecular formula is C23H25N5O2S. The number of thioether (sulfide) groups is 1. The molecule has 7 nitrogen and oxygen atoms in total. The highest BCUT2D eigenvalue weighted by atomic mass is 32.2. The predicted molar refractivity (Wildman–Crippen MR) is 123 cm³/mol. The zero-order valence-corrected chi connectivity index (χ0v) is 18.2. The van der Waals surface area contributed by atoms with Crippen molar-refractivity contribution in [1.29, 1.82) is 0 Å². The quantitative estimate of drug-likeness (QED) is 0.612. The third-order valence-electron chi connectivity index (χ3n) is 5.61. The van der Waals surface area contributed by atoms with Crippen LogP contribution < -0.4 is 20.3 Å². The summed E-state index contributed by atoms with van der Waals surface area (Å²) in [5.41, 5.74) is 8.38. The van der Waals surface area contributed by atoms with Crippen molar-refractivity contribution in [2.75, 3.05) is 30.1 Å². The van der Waals surface area contributed by atoms with Crippen LogP contribution in [0.5, 0.6) is 11.6 Å². The Labute approximate surface area is 186 Å². The molecule has 2 N–H and O–H groups in total. The number of aromatic nitrogens is 2. The molecule has 2 aliphatic rings. The van der Waals surface area contributed by atoms with Crippen LogP contribution in [0, 0.1) is 0 Å². The van der Waals surface area contributed by atoms with Gasteiger partial charge in [0.2, 0.25) is 0 Å². The van der Waals surface area contributed by atoms with E-state index >= 15 is 0 Å². The molecule has 8 heteroatoms. The monoisotopic (exact) mass is 435 g/mol. The number of benzene rings is 2. The van der Waals surface area contributed by atoms with Crippen molar-refractivity contribution >= 4 is 29.0 Å². The molecule has 2 atom stereocenters. The summed E-state index contributed by atoms with van der Waals surface area (Å²) in [5.74, 6) is 1.98. The molecule has 1 aromatic heterocycles. The number of fused-ring (bicyclic) bond motifs is 1. The van der Waals surface area contributed by atoms with Gasteiger partial charge < -0.3 is 25.0 Å². The third-order valence-corrected chi connectivity index (χ3v) is 6.66.